The predicted molar refractivity (Wildman–Crippen MR) is 123 cm³/mol. The Kier molecular flexibility index (Phi) is 11.6. The average molecular weight is 497 g/mol. The number of carbonyl (C=O) groups is 5. The molecule has 0 saturated carbocycles. The SMILES string of the molecule is CC(N)C(=O)NC(Cc1cnc[nH]1)C(=O)NC(CCCN=C(N)N)C(=O)NC(CC(N)=O)C(=O)O. The van der Waals surface area contributed by atoms with E-state index in [4.69, 9.17) is 22.9 Å². The molecule has 0 aliphatic heterocycles. The number of aromatic nitrogens is 2. The van der Waals surface area contributed by atoms with Gasteiger partial charge in [0.15, 0.2) is 5.96 Å². The molecule has 1 aromatic heterocycles. The smallest absolute Gasteiger partial charge is 0.326 e. The summed E-state index contributed by atoms with van der Waals surface area (Å²) in [4.78, 5) is 71.0. The van der Waals surface area contributed by atoms with E-state index in [0.29, 0.717) is 5.69 Å². The molecule has 0 aliphatic carbocycles. The minimum Gasteiger partial charge on any atom is -0.480 e. The summed E-state index contributed by atoms with van der Waals surface area (Å²) in [5, 5.41) is 16.5. The highest BCUT2D eigenvalue weighted by Crippen LogP contribution is 2.05. The number of guanidine groups is 1. The average Bonchev–Trinajstić information content (AvgIpc) is 3.27. The summed E-state index contributed by atoms with van der Waals surface area (Å²) < 4.78 is 0. The molecule has 4 atom stereocenters. The van der Waals surface area contributed by atoms with E-state index in [9.17, 15) is 29.1 Å². The molecule has 0 aromatic carbocycles. The zero-order valence-electron chi connectivity index (χ0n) is 19.2. The van der Waals surface area contributed by atoms with Crippen LogP contribution < -0.4 is 38.9 Å². The fourth-order valence-electron chi connectivity index (χ4n) is 2.85. The van der Waals surface area contributed by atoms with Crippen LogP contribution in [0.3, 0.4) is 0 Å². The van der Waals surface area contributed by atoms with E-state index in [1.165, 1.54) is 19.4 Å². The molecule has 0 fully saturated rings. The van der Waals surface area contributed by atoms with Crippen LogP contribution in [-0.4, -0.2) is 81.3 Å². The van der Waals surface area contributed by atoms with Gasteiger partial charge in [-0.2, -0.15) is 0 Å². The highest BCUT2D eigenvalue weighted by molar-refractivity contribution is 5.94. The molecule has 13 N–H and O–H groups in total. The van der Waals surface area contributed by atoms with Gasteiger partial charge in [-0.05, 0) is 19.8 Å². The van der Waals surface area contributed by atoms with Gasteiger partial charge >= 0.3 is 5.97 Å². The van der Waals surface area contributed by atoms with Crippen molar-refractivity contribution < 1.29 is 29.1 Å². The summed E-state index contributed by atoms with van der Waals surface area (Å²) in [6, 6.07) is -4.89. The number of carboxylic acid groups (broad SMARTS) is 1. The second-order valence-electron chi connectivity index (χ2n) is 7.71. The summed E-state index contributed by atoms with van der Waals surface area (Å²) in [6.45, 7) is 1.57. The molecule has 16 heteroatoms. The van der Waals surface area contributed by atoms with Gasteiger partial charge < -0.3 is 49.0 Å². The summed E-state index contributed by atoms with van der Waals surface area (Å²) >= 11 is 0. The van der Waals surface area contributed by atoms with Crippen LogP contribution in [-0.2, 0) is 30.4 Å². The lowest BCUT2D eigenvalue weighted by atomic mass is 10.1. The number of nitrogens with two attached hydrogens (primary N) is 4. The van der Waals surface area contributed by atoms with Crippen molar-refractivity contribution in [3.05, 3.63) is 18.2 Å². The first kappa shape index (κ1) is 28.8. The fourth-order valence-corrected chi connectivity index (χ4v) is 2.85. The first-order chi connectivity index (χ1) is 16.4. The van der Waals surface area contributed by atoms with Gasteiger partial charge in [-0.1, -0.05) is 0 Å². The molecule has 1 aromatic rings. The maximum absolute atomic E-state index is 13.0. The molecule has 16 nitrogen and oxygen atoms in total. The van der Waals surface area contributed by atoms with Gasteiger partial charge in [0.25, 0.3) is 0 Å². The lowest BCUT2D eigenvalue weighted by Gasteiger charge is -2.24. The van der Waals surface area contributed by atoms with E-state index in [0.717, 1.165) is 0 Å². The zero-order valence-corrected chi connectivity index (χ0v) is 19.2. The lowest BCUT2D eigenvalue weighted by molar-refractivity contribution is -0.143. The summed E-state index contributed by atoms with van der Waals surface area (Å²) in [6.07, 6.45) is 2.45. The second kappa shape index (κ2) is 14.1. The van der Waals surface area contributed by atoms with Crippen molar-refractivity contribution in [2.45, 2.75) is 56.8 Å². The topological polar surface area (TPSA) is 287 Å². The van der Waals surface area contributed by atoms with Crippen molar-refractivity contribution in [2.24, 2.45) is 27.9 Å². The number of aliphatic imine (C=N–C) groups is 1. The van der Waals surface area contributed by atoms with Crippen LogP contribution in [0.15, 0.2) is 17.5 Å². The first-order valence-corrected chi connectivity index (χ1v) is 10.6. The number of primary amides is 1. The van der Waals surface area contributed by atoms with E-state index in [1.54, 1.807) is 0 Å². The van der Waals surface area contributed by atoms with Crippen molar-refractivity contribution in [2.75, 3.05) is 6.54 Å². The van der Waals surface area contributed by atoms with Crippen LogP contribution in [0.2, 0.25) is 0 Å². The van der Waals surface area contributed by atoms with E-state index >= 15 is 0 Å². The molecule has 194 valence electrons. The largest absolute Gasteiger partial charge is 0.480 e. The van der Waals surface area contributed by atoms with E-state index in [-0.39, 0.29) is 31.8 Å². The number of aromatic amines is 1. The minimum absolute atomic E-state index is 0.00601. The van der Waals surface area contributed by atoms with Gasteiger partial charge in [-0.3, -0.25) is 24.2 Å². The Labute approximate surface area is 200 Å². The van der Waals surface area contributed by atoms with Crippen molar-refractivity contribution in [1.82, 2.24) is 25.9 Å². The maximum Gasteiger partial charge on any atom is 0.326 e. The minimum atomic E-state index is -1.60. The number of hydrogen-bond donors (Lipinski definition) is 9. The Hall–Kier alpha value is -4.21. The van der Waals surface area contributed by atoms with Crippen LogP contribution in [0.5, 0.6) is 0 Å². The number of amides is 4. The number of carboxylic acids is 1. The first-order valence-electron chi connectivity index (χ1n) is 10.6. The van der Waals surface area contributed by atoms with Crippen LogP contribution in [0, 0.1) is 0 Å². The van der Waals surface area contributed by atoms with Crippen LogP contribution in [0.1, 0.15) is 31.9 Å². The number of hydrogen-bond acceptors (Lipinski definition) is 8. The molecule has 4 amide bonds. The monoisotopic (exact) mass is 496 g/mol. The lowest BCUT2D eigenvalue weighted by Crippen LogP contribution is -2.57. The van der Waals surface area contributed by atoms with Gasteiger partial charge in [0.1, 0.15) is 18.1 Å². The number of nitrogens with zero attached hydrogens (tertiary/aromatic N) is 2. The Morgan fingerprint density at radius 1 is 1.03 bits per heavy atom. The van der Waals surface area contributed by atoms with Crippen molar-refractivity contribution >= 4 is 35.6 Å². The number of carbonyl (C=O) groups excluding carboxylic acids is 4. The molecule has 1 heterocycles. The van der Waals surface area contributed by atoms with E-state index < -0.39 is 60.2 Å². The zero-order chi connectivity index (χ0) is 26.5. The molecule has 0 radical (unpaired) electrons. The molecule has 35 heavy (non-hydrogen) atoms. The predicted octanol–water partition coefficient (Wildman–Crippen LogP) is -4.23. The fraction of sp³-hybridized carbons (Fsp3) is 0.526. The molecule has 1 rings (SSSR count). The molecule has 0 spiro atoms. The van der Waals surface area contributed by atoms with Crippen LogP contribution in [0.4, 0.5) is 0 Å². The van der Waals surface area contributed by atoms with Crippen molar-refractivity contribution in [1.29, 1.82) is 0 Å². The number of rotatable bonds is 15. The third-order valence-electron chi connectivity index (χ3n) is 4.62. The number of nitrogens with one attached hydrogen (secondary N) is 4. The molecule has 0 saturated heterocycles. The Bertz CT molecular complexity index is 913. The highest BCUT2D eigenvalue weighted by atomic mass is 16.4. The standard InChI is InChI=1S/C19H32N10O6/c1-9(20)15(31)28-12(5-10-7-24-8-26-10)17(33)27-11(3-2-4-25-19(22)23)16(32)29-13(18(34)35)6-14(21)30/h7-9,11-13H,2-6,20H2,1H3,(H2,21,30)(H,24,26)(H,27,33)(H,28,31)(H,29,32)(H,34,35)(H4,22,23,25). The molecular weight excluding hydrogens is 464 g/mol. The van der Waals surface area contributed by atoms with E-state index in [1.807, 2.05) is 0 Å². The highest BCUT2D eigenvalue weighted by Gasteiger charge is 2.30. The van der Waals surface area contributed by atoms with Crippen molar-refractivity contribution in [3.63, 3.8) is 0 Å². The number of H-pyrrole nitrogens is 1. The Morgan fingerprint density at radius 2 is 1.63 bits per heavy atom. The Morgan fingerprint density at radius 3 is 2.14 bits per heavy atom. The number of imidazole rings is 1. The molecular formula is C19H32N10O6. The third-order valence-corrected chi connectivity index (χ3v) is 4.62. The van der Waals surface area contributed by atoms with E-state index in [2.05, 4.69) is 30.9 Å². The second-order valence-corrected chi connectivity index (χ2v) is 7.71. The third kappa shape index (κ3) is 11.0. The van der Waals surface area contributed by atoms with Crippen LogP contribution in [0.25, 0.3) is 0 Å². The summed E-state index contributed by atoms with van der Waals surface area (Å²) in [5.41, 5.74) is 21.7. The molecule has 0 bridgehead atoms. The Balaban J connectivity index is 3.06. The molecule has 4 unspecified atom stereocenters. The summed E-state index contributed by atoms with van der Waals surface area (Å²) in [5.74, 6) is -4.81. The van der Waals surface area contributed by atoms with Gasteiger partial charge in [-0.15, -0.1) is 0 Å². The quantitative estimate of drug-likeness (QED) is 0.0640. The normalized spacial score (nSPS) is 14.0. The summed E-state index contributed by atoms with van der Waals surface area (Å²) in [7, 11) is 0. The molecule has 0 aliphatic rings. The number of aliphatic carboxylic acids is 1. The van der Waals surface area contributed by atoms with Gasteiger partial charge in [0.05, 0.1) is 18.8 Å². The van der Waals surface area contributed by atoms with Gasteiger partial charge in [-0.25, -0.2) is 9.78 Å². The van der Waals surface area contributed by atoms with Gasteiger partial charge in [0.2, 0.25) is 23.6 Å². The van der Waals surface area contributed by atoms with Gasteiger partial charge in [0, 0.05) is 24.9 Å². The van der Waals surface area contributed by atoms with Crippen LogP contribution >= 0.6 is 0 Å². The van der Waals surface area contributed by atoms with Crippen molar-refractivity contribution in [3.8, 4) is 0 Å². The maximum atomic E-state index is 13.0.